The van der Waals surface area contributed by atoms with Crippen LogP contribution in [0.5, 0.6) is 0 Å². The van der Waals surface area contributed by atoms with Gasteiger partial charge in [-0.25, -0.2) is 4.79 Å². The van der Waals surface area contributed by atoms with E-state index >= 15 is 0 Å². The number of nitrogens with one attached hydrogen (secondary N) is 2. The summed E-state index contributed by atoms with van der Waals surface area (Å²) in [5.74, 6) is -0.295. The van der Waals surface area contributed by atoms with Crippen LogP contribution in [0.2, 0.25) is 0 Å². The molecule has 1 aromatic rings. The zero-order valence-corrected chi connectivity index (χ0v) is 12.9. The van der Waals surface area contributed by atoms with Gasteiger partial charge in [0.05, 0.1) is 18.1 Å². The van der Waals surface area contributed by atoms with E-state index in [-0.39, 0.29) is 30.2 Å². The van der Waals surface area contributed by atoms with Gasteiger partial charge in [0.25, 0.3) is 0 Å². The SMILES string of the molecule is CCOC(=O)c1ccc(NC(=O)C2CCCNC2)cc1.Cl. The van der Waals surface area contributed by atoms with Crippen LogP contribution in [0.3, 0.4) is 0 Å². The summed E-state index contributed by atoms with van der Waals surface area (Å²) in [6.07, 6.45) is 1.94. The molecule has 116 valence electrons. The van der Waals surface area contributed by atoms with E-state index in [4.69, 9.17) is 4.74 Å². The predicted octanol–water partition coefficient (Wildman–Crippen LogP) is 2.22. The zero-order valence-electron chi connectivity index (χ0n) is 12.1. The lowest BCUT2D eigenvalue weighted by atomic mass is 9.99. The third kappa shape index (κ3) is 5.02. The van der Waals surface area contributed by atoms with Crippen LogP contribution >= 0.6 is 12.4 Å². The lowest BCUT2D eigenvalue weighted by Gasteiger charge is -2.21. The topological polar surface area (TPSA) is 67.4 Å². The van der Waals surface area contributed by atoms with Crippen molar-refractivity contribution in [2.75, 3.05) is 25.0 Å². The molecule has 0 aromatic heterocycles. The number of hydrogen-bond donors (Lipinski definition) is 2. The van der Waals surface area contributed by atoms with Crippen LogP contribution in [0.4, 0.5) is 5.69 Å². The Labute approximate surface area is 130 Å². The zero-order chi connectivity index (χ0) is 14.4. The van der Waals surface area contributed by atoms with Gasteiger partial charge in [0.15, 0.2) is 0 Å². The first-order chi connectivity index (χ1) is 9.70. The van der Waals surface area contributed by atoms with Crippen LogP contribution in [0.15, 0.2) is 24.3 Å². The molecule has 1 amide bonds. The number of rotatable bonds is 4. The summed E-state index contributed by atoms with van der Waals surface area (Å²) >= 11 is 0. The fraction of sp³-hybridized carbons (Fsp3) is 0.467. The number of amides is 1. The molecule has 2 N–H and O–H groups in total. The molecule has 21 heavy (non-hydrogen) atoms. The highest BCUT2D eigenvalue weighted by molar-refractivity contribution is 5.94. The number of hydrogen-bond acceptors (Lipinski definition) is 4. The fourth-order valence-corrected chi connectivity index (χ4v) is 2.22. The van der Waals surface area contributed by atoms with Crippen molar-refractivity contribution < 1.29 is 14.3 Å². The molecule has 6 heteroatoms. The number of benzene rings is 1. The number of carbonyl (C=O) groups is 2. The molecular weight excluding hydrogens is 292 g/mol. The summed E-state index contributed by atoms with van der Waals surface area (Å²) < 4.78 is 4.91. The third-order valence-corrected chi connectivity index (χ3v) is 3.33. The van der Waals surface area contributed by atoms with E-state index in [0.717, 1.165) is 25.9 Å². The summed E-state index contributed by atoms with van der Waals surface area (Å²) in [6.45, 7) is 3.83. The van der Waals surface area contributed by atoms with E-state index in [9.17, 15) is 9.59 Å². The first-order valence-electron chi connectivity index (χ1n) is 6.99. The Bertz CT molecular complexity index is 470. The summed E-state index contributed by atoms with van der Waals surface area (Å²) in [4.78, 5) is 23.6. The number of ether oxygens (including phenoxy) is 1. The normalized spacial score (nSPS) is 17.5. The second kappa shape index (κ2) is 8.64. The van der Waals surface area contributed by atoms with E-state index in [1.54, 1.807) is 31.2 Å². The summed E-state index contributed by atoms with van der Waals surface area (Å²) in [5, 5.41) is 6.10. The number of esters is 1. The minimum atomic E-state index is -0.346. The molecule has 5 nitrogen and oxygen atoms in total. The van der Waals surface area contributed by atoms with Gasteiger partial charge >= 0.3 is 5.97 Å². The molecule has 0 spiro atoms. The third-order valence-electron chi connectivity index (χ3n) is 3.33. The summed E-state index contributed by atoms with van der Waals surface area (Å²) in [5.41, 5.74) is 1.19. The van der Waals surface area contributed by atoms with Crippen molar-refractivity contribution in [3.8, 4) is 0 Å². The number of halogens is 1. The molecule has 1 atom stereocenters. The molecule has 0 bridgehead atoms. The van der Waals surface area contributed by atoms with Crippen molar-refractivity contribution in [1.29, 1.82) is 0 Å². The average molecular weight is 313 g/mol. The predicted molar refractivity (Wildman–Crippen MR) is 83.9 cm³/mol. The first kappa shape index (κ1) is 17.5. The van der Waals surface area contributed by atoms with Crippen LogP contribution in [0.25, 0.3) is 0 Å². The van der Waals surface area contributed by atoms with Gasteiger partial charge in [0.2, 0.25) is 5.91 Å². The molecule has 1 fully saturated rings. The van der Waals surface area contributed by atoms with Gasteiger partial charge in [-0.3, -0.25) is 4.79 Å². The molecule has 1 heterocycles. The fourth-order valence-electron chi connectivity index (χ4n) is 2.22. The number of piperidine rings is 1. The Morgan fingerprint density at radius 1 is 1.33 bits per heavy atom. The maximum atomic E-state index is 12.0. The van der Waals surface area contributed by atoms with Gasteiger partial charge in [-0.1, -0.05) is 0 Å². The molecule has 1 aliphatic rings. The van der Waals surface area contributed by atoms with Gasteiger partial charge in [0, 0.05) is 12.2 Å². The Balaban J connectivity index is 0.00000220. The van der Waals surface area contributed by atoms with Crippen molar-refractivity contribution in [2.45, 2.75) is 19.8 Å². The highest BCUT2D eigenvalue weighted by atomic mass is 35.5. The second-order valence-corrected chi connectivity index (χ2v) is 4.83. The Hall–Kier alpha value is -1.59. The summed E-state index contributed by atoms with van der Waals surface area (Å²) in [7, 11) is 0. The van der Waals surface area contributed by atoms with Crippen LogP contribution in [-0.4, -0.2) is 31.6 Å². The molecular formula is C15H21ClN2O3. The van der Waals surface area contributed by atoms with E-state index in [2.05, 4.69) is 10.6 Å². The largest absolute Gasteiger partial charge is 0.462 e. The number of carbonyl (C=O) groups excluding carboxylic acids is 2. The molecule has 1 unspecified atom stereocenters. The molecule has 1 saturated heterocycles. The van der Waals surface area contributed by atoms with Gasteiger partial charge in [-0.05, 0) is 50.6 Å². The van der Waals surface area contributed by atoms with Crippen LogP contribution < -0.4 is 10.6 Å². The quantitative estimate of drug-likeness (QED) is 0.837. The van der Waals surface area contributed by atoms with Crippen molar-refractivity contribution in [3.05, 3.63) is 29.8 Å². The lowest BCUT2D eigenvalue weighted by molar-refractivity contribution is -0.120. The van der Waals surface area contributed by atoms with Gasteiger partial charge < -0.3 is 15.4 Å². The van der Waals surface area contributed by atoms with E-state index in [1.165, 1.54) is 0 Å². The van der Waals surface area contributed by atoms with Crippen molar-refractivity contribution in [1.82, 2.24) is 5.32 Å². The minimum absolute atomic E-state index is 0. The lowest BCUT2D eigenvalue weighted by Crippen LogP contribution is -2.37. The average Bonchev–Trinajstić information content (AvgIpc) is 2.49. The highest BCUT2D eigenvalue weighted by Crippen LogP contribution is 2.15. The molecule has 1 aliphatic heterocycles. The van der Waals surface area contributed by atoms with Gasteiger partial charge in [-0.15, -0.1) is 12.4 Å². The Morgan fingerprint density at radius 3 is 2.62 bits per heavy atom. The van der Waals surface area contributed by atoms with Crippen molar-refractivity contribution >= 4 is 30.0 Å². The molecule has 1 aromatic carbocycles. The Kier molecular flexibility index (Phi) is 7.19. The highest BCUT2D eigenvalue weighted by Gasteiger charge is 2.20. The first-order valence-corrected chi connectivity index (χ1v) is 6.99. The minimum Gasteiger partial charge on any atom is -0.462 e. The standard InChI is InChI=1S/C15H20N2O3.ClH/c1-2-20-15(19)11-5-7-13(8-6-11)17-14(18)12-4-3-9-16-10-12;/h5-8,12,16H,2-4,9-10H2,1H3,(H,17,18);1H. The van der Waals surface area contributed by atoms with Crippen LogP contribution in [-0.2, 0) is 9.53 Å². The molecule has 0 aliphatic carbocycles. The molecule has 2 rings (SSSR count). The van der Waals surface area contributed by atoms with Crippen molar-refractivity contribution in [3.63, 3.8) is 0 Å². The van der Waals surface area contributed by atoms with Gasteiger partial charge in [0.1, 0.15) is 0 Å². The van der Waals surface area contributed by atoms with Gasteiger partial charge in [-0.2, -0.15) is 0 Å². The Morgan fingerprint density at radius 2 is 2.05 bits per heavy atom. The maximum Gasteiger partial charge on any atom is 0.338 e. The smallest absolute Gasteiger partial charge is 0.338 e. The molecule has 0 saturated carbocycles. The van der Waals surface area contributed by atoms with E-state index in [0.29, 0.717) is 17.9 Å². The van der Waals surface area contributed by atoms with Crippen LogP contribution in [0.1, 0.15) is 30.1 Å². The molecule has 0 radical (unpaired) electrons. The maximum absolute atomic E-state index is 12.0. The van der Waals surface area contributed by atoms with Crippen molar-refractivity contribution in [2.24, 2.45) is 5.92 Å². The van der Waals surface area contributed by atoms with Crippen LogP contribution in [0, 0.1) is 5.92 Å². The summed E-state index contributed by atoms with van der Waals surface area (Å²) in [6, 6.07) is 6.76. The van der Waals surface area contributed by atoms with E-state index in [1.807, 2.05) is 0 Å². The van der Waals surface area contributed by atoms with E-state index < -0.39 is 0 Å². The second-order valence-electron chi connectivity index (χ2n) is 4.83. The number of anilines is 1. The monoisotopic (exact) mass is 312 g/mol.